The highest BCUT2D eigenvalue weighted by Crippen LogP contribution is 2.37. The first-order chi connectivity index (χ1) is 7.36. The van der Waals surface area contributed by atoms with Crippen LogP contribution in [0.25, 0.3) is 5.57 Å². The second-order valence-corrected chi connectivity index (χ2v) is 4.47. The Bertz CT molecular complexity index is 429. The minimum Gasteiger partial charge on any atom is -0.493 e. The van der Waals surface area contributed by atoms with Gasteiger partial charge in [0.15, 0.2) is 0 Å². The fourth-order valence-electron chi connectivity index (χ4n) is 2.67. The van der Waals surface area contributed by atoms with Gasteiger partial charge in [-0.1, -0.05) is 12.1 Å². The molecule has 0 spiro atoms. The maximum absolute atomic E-state index is 5.79. The number of allylic oxidation sites excluding steroid dienone is 2. The molecular weight excluding hydrogens is 184 g/mol. The normalized spacial score (nSPS) is 18.6. The Morgan fingerprint density at radius 3 is 3.07 bits per heavy atom. The molecule has 2 aliphatic rings. The molecule has 0 unspecified atom stereocenters. The standard InChI is InChI=1S/C14H16O/c1-10-5-6-11-7-8-13-12(14(10)11)4-2-3-9-15-13/h5,7-8H,2-4,6,9H2,1H3. The van der Waals surface area contributed by atoms with E-state index in [0.717, 1.165) is 18.8 Å². The number of hydrogen-bond donors (Lipinski definition) is 0. The molecule has 0 saturated carbocycles. The Balaban J connectivity index is 2.17. The molecule has 0 N–H and O–H groups in total. The number of benzene rings is 1. The van der Waals surface area contributed by atoms with Crippen LogP contribution in [0.1, 0.15) is 36.5 Å². The maximum Gasteiger partial charge on any atom is 0.123 e. The predicted molar refractivity (Wildman–Crippen MR) is 62.2 cm³/mol. The summed E-state index contributed by atoms with van der Waals surface area (Å²) in [6, 6.07) is 4.39. The largest absolute Gasteiger partial charge is 0.493 e. The monoisotopic (exact) mass is 200 g/mol. The summed E-state index contributed by atoms with van der Waals surface area (Å²) < 4.78 is 5.79. The van der Waals surface area contributed by atoms with Crippen LogP contribution in [0.2, 0.25) is 0 Å². The zero-order chi connectivity index (χ0) is 10.3. The lowest BCUT2D eigenvalue weighted by atomic mass is 9.95. The van der Waals surface area contributed by atoms with Gasteiger partial charge < -0.3 is 4.74 Å². The van der Waals surface area contributed by atoms with Crippen LogP contribution in [-0.2, 0) is 12.8 Å². The topological polar surface area (TPSA) is 9.23 Å². The SMILES string of the molecule is CC1=CCc2ccc3c(c21)CCCCO3. The van der Waals surface area contributed by atoms with Gasteiger partial charge in [-0.05, 0) is 55.4 Å². The van der Waals surface area contributed by atoms with Gasteiger partial charge in [0.25, 0.3) is 0 Å². The van der Waals surface area contributed by atoms with Gasteiger partial charge in [0.2, 0.25) is 0 Å². The van der Waals surface area contributed by atoms with E-state index >= 15 is 0 Å². The van der Waals surface area contributed by atoms with Crippen LogP contribution in [0.15, 0.2) is 18.2 Å². The molecule has 1 heteroatoms. The van der Waals surface area contributed by atoms with E-state index in [1.54, 1.807) is 0 Å². The van der Waals surface area contributed by atoms with Gasteiger partial charge >= 0.3 is 0 Å². The molecule has 0 bridgehead atoms. The van der Waals surface area contributed by atoms with Gasteiger partial charge in [0.05, 0.1) is 6.61 Å². The van der Waals surface area contributed by atoms with Gasteiger partial charge in [-0.3, -0.25) is 0 Å². The minimum absolute atomic E-state index is 0.883. The zero-order valence-corrected chi connectivity index (χ0v) is 9.18. The van der Waals surface area contributed by atoms with Crippen molar-refractivity contribution in [2.75, 3.05) is 6.61 Å². The molecule has 78 valence electrons. The Labute approximate surface area is 90.8 Å². The average molecular weight is 200 g/mol. The summed E-state index contributed by atoms with van der Waals surface area (Å²) in [5.74, 6) is 1.13. The molecule has 1 aliphatic heterocycles. The van der Waals surface area contributed by atoms with Crippen LogP contribution in [0.3, 0.4) is 0 Å². The summed E-state index contributed by atoms with van der Waals surface area (Å²) in [6.07, 6.45) is 7.07. The van der Waals surface area contributed by atoms with Crippen molar-refractivity contribution in [3.8, 4) is 5.75 Å². The van der Waals surface area contributed by atoms with Crippen molar-refractivity contribution in [1.29, 1.82) is 0 Å². The van der Waals surface area contributed by atoms with E-state index < -0.39 is 0 Å². The number of fused-ring (bicyclic) bond motifs is 3. The number of ether oxygens (including phenoxy) is 1. The molecule has 1 heterocycles. The van der Waals surface area contributed by atoms with Gasteiger partial charge in [-0.25, -0.2) is 0 Å². The van der Waals surface area contributed by atoms with Crippen LogP contribution in [0.5, 0.6) is 5.75 Å². The molecule has 0 radical (unpaired) electrons. The summed E-state index contributed by atoms with van der Waals surface area (Å²) in [6.45, 7) is 3.10. The molecule has 15 heavy (non-hydrogen) atoms. The fraction of sp³-hybridized carbons (Fsp3) is 0.429. The smallest absolute Gasteiger partial charge is 0.123 e. The highest BCUT2D eigenvalue weighted by atomic mass is 16.5. The first-order valence-electron chi connectivity index (χ1n) is 5.81. The van der Waals surface area contributed by atoms with Crippen LogP contribution in [0, 0.1) is 0 Å². The Hall–Kier alpha value is -1.24. The van der Waals surface area contributed by atoms with Gasteiger partial charge in [-0.15, -0.1) is 0 Å². The van der Waals surface area contributed by atoms with Crippen molar-refractivity contribution in [2.24, 2.45) is 0 Å². The lowest BCUT2D eigenvalue weighted by Crippen LogP contribution is -1.98. The third-order valence-corrected chi connectivity index (χ3v) is 3.46. The van der Waals surface area contributed by atoms with Gasteiger partial charge in [0.1, 0.15) is 5.75 Å². The molecule has 1 nitrogen and oxygen atoms in total. The van der Waals surface area contributed by atoms with E-state index in [4.69, 9.17) is 4.74 Å². The Morgan fingerprint density at radius 2 is 2.13 bits per heavy atom. The van der Waals surface area contributed by atoms with E-state index in [-0.39, 0.29) is 0 Å². The third-order valence-electron chi connectivity index (χ3n) is 3.46. The lowest BCUT2D eigenvalue weighted by Gasteiger charge is -2.13. The van der Waals surface area contributed by atoms with Crippen molar-refractivity contribution in [2.45, 2.75) is 32.6 Å². The van der Waals surface area contributed by atoms with Crippen molar-refractivity contribution in [1.82, 2.24) is 0 Å². The quantitative estimate of drug-likeness (QED) is 0.624. The molecule has 3 rings (SSSR count). The summed E-state index contributed by atoms with van der Waals surface area (Å²) in [7, 11) is 0. The molecule has 1 aromatic carbocycles. The zero-order valence-electron chi connectivity index (χ0n) is 9.18. The molecule has 1 aromatic rings. The molecular formula is C14H16O. The van der Waals surface area contributed by atoms with Crippen LogP contribution in [-0.4, -0.2) is 6.61 Å². The van der Waals surface area contributed by atoms with E-state index in [1.165, 1.54) is 41.5 Å². The summed E-state index contributed by atoms with van der Waals surface area (Å²) in [5, 5.41) is 0. The van der Waals surface area contributed by atoms with Crippen LogP contribution < -0.4 is 4.74 Å². The highest BCUT2D eigenvalue weighted by Gasteiger charge is 2.19. The van der Waals surface area contributed by atoms with Crippen molar-refractivity contribution < 1.29 is 4.74 Å². The molecule has 0 saturated heterocycles. The Morgan fingerprint density at radius 1 is 1.20 bits per heavy atom. The molecule has 0 fully saturated rings. The van der Waals surface area contributed by atoms with E-state index in [1.807, 2.05) is 0 Å². The minimum atomic E-state index is 0.883. The molecule has 0 aromatic heterocycles. The van der Waals surface area contributed by atoms with Crippen LogP contribution in [0.4, 0.5) is 0 Å². The van der Waals surface area contributed by atoms with Crippen molar-refractivity contribution >= 4 is 5.57 Å². The third kappa shape index (κ3) is 1.38. The van der Waals surface area contributed by atoms with E-state index in [0.29, 0.717) is 0 Å². The summed E-state index contributed by atoms with van der Waals surface area (Å²) in [4.78, 5) is 0. The average Bonchev–Trinajstić information content (AvgIpc) is 2.51. The van der Waals surface area contributed by atoms with Crippen molar-refractivity contribution in [3.63, 3.8) is 0 Å². The highest BCUT2D eigenvalue weighted by molar-refractivity contribution is 5.76. The lowest BCUT2D eigenvalue weighted by molar-refractivity contribution is 0.317. The summed E-state index contributed by atoms with van der Waals surface area (Å²) in [5.41, 5.74) is 5.86. The number of hydrogen-bond acceptors (Lipinski definition) is 1. The van der Waals surface area contributed by atoms with Crippen molar-refractivity contribution in [3.05, 3.63) is 34.9 Å². The second kappa shape index (κ2) is 3.41. The Kier molecular flexibility index (Phi) is 2.05. The molecule has 0 amide bonds. The molecule has 0 atom stereocenters. The second-order valence-electron chi connectivity index (χ2n) is 4.47. The maximum atomic E-state index is 5.79. The summed E-state index contributed by atoms with van der Waals surface area (Å²) >= 11 is 0. The van der Waals surface area contributed by atoms with E-state index in [9.17, 15) is 0 Å². The first-order valence-corrected chi connectivity index (χ1v) is 5.81. The van der Waals surface area contributed by atoms with Crippen LogP contribution >= 0.6 is 0 Å². The molecule has 1 aliphatic carbocycles. The van der Waals surface area contributed by atoms with E-state index in [2.05, 4.69) is 25.1 Å². The van der Waals surface area contributed by atoms with Gasteiger partial charge in [-0.2, -0.15) is 0 Å². The first kappa shape index (κ1) is 9.02. The fourth-order valence-corrected chi connectivity index (χ4v) is 2.67. The number of rotatable bonds is 0. The van der Waals surface area contributed by atoms with Gasteiger partial charge in [0, 0.05) is 5.56 Å². The predicted octanol–water partition coefficient (Wildman–Crippen LogP) is 3.36.